The van der Waals surface area contributed by atoms with Gasteiger partial charge in [0.2, 0.25) is 5.91 Å². The summed E-state index contributed by atoms with van der Waals surface area (Å²) in [6.45, 7) is 4.68. The van der Waals surface area contributed by atoms with Crippen LogP contribution in [0.5, 0.6) is 5.75 Å². The molecule has 0 spiro atoms. The van der Waals surface area contributed by atoms with Crippen molar-refractivity contribution < 1.29 is 23.9 Å². The molecule has 0 aromatic heterocycles. The Morgan fingerprint density at radius 3 is 2.42 bits per heavy atom. The van der Waals surface area contributed by atoms with E-state index in [0.29, 0.717) is 5.75 Å². The van der Waals surface area contributed by atoms with Crippen molar-refractivity contribution in [3.8, 4) is 11.8 Å². The zero-order chi connectivity index (χ0) is 23.0. The minimum Gasteiger partial charge on any atom is -0.497 e. The summed E-state index contributed by atoms with van der Waals surface area (Å²) in [5.74, 6) is -1.12. The lowest BCUT2D eigenvalue weighted by Gasteiger charge is -2.23. The summed E-state index contributed by atoms with van der Waals surface area (Å²) in [7, 11) is 1.57. The number of rotatable bonds is 10. The fourth-order valence-electron chi connectivity index (χ4n) is 3.02. The molecule has 2 amide bonds. The number of nitriles is 1. The van der Waals surface area contributed by atoms with Crippen molar-refractivity contribution in [1.82, 2.24) is 10.6 Å². The highest BCUT2D eigenvalue weighted by Gasteiger charge is 2.43. The zero-order valence-electron chi connectivity index (χ0n) is 18.3. The SMILES string of the molecule is COc1ccc(/C=C/C(=O)N[C@H](C(=O)OCC(=O)N[C@](C)(C#N)C2CC2)C(C)C)cc1. The van der Waals surface area contributed by atoms with Crippen LogP contribution in [0.2, 0.25) is 0 Å². The average molecular weight is 428 g/mol. The number of amides is 2. The second-order valence-corrected chi connectivity index (χ2v) is 8.08. The first-order chi connectivity index (χ1) is 14.7. The number of carbonyl (C=O) groups is 3. The molecule has 2 rings (SSSR count). The average Bonchev–Trinajstić information content (AvgIpc) is 3.60. The Morgan fingerprint density at radius 1 is 1.26 bits per heavy atom. The molecule has 1 aliphatic rings. The van der Waals surface area contributed by atoms with E-state index in [0.717, 1.165) is 18.4 Å². The second-order valence-electron chi connectivity index (χ2n) is 8.08. The molecule has 1 fully saturated rings. The maximum Gasteiger partial charge on any atom is 0.329 e. The predicted octanol–water partition coefficient (Wildman–Crippen LogP) is 2.20. The third-order valence-corrected chi connectivity index (χ3v) is 5.13. The Hall–Kier alpha value is -3.34. The summed E-state index contributed by atoms with van der Waals surface area (Å²) in [4.78, 5) is 36.8. The lowest BCUT2D eigenvalue weighted by molar-refractivity contribution is -0.152. The van der Waals surface area contributed by atoms with Crippen LogP contribution in [0.1, 0.15) is 39.2 Å². The van der Waals surface area contributed by atoms with E-state index in [1.165, 1.54) is 6.08 Å². The molecule has 2 atom stereocenters. The van der Waals surface area contributed by atoms with E-state index >= 15 is 0 Å². The highest BCUT2D eigenvalue weighted by atomic mass is 16.5. The van der Waals surface area contributed by atoms with E-state index in [9.17, 15) is 19.6 Å². The van der Waals surface area contributed by atoms with Crippen LogP contribution in [-0.4, -0.2) is 43.1 Å². The summed E-state index contributed by atoms with van der Waals surface area (Å²) < 4.78 is 10.2. The van der Waals surface area contributed by atoms with Crippen molar-refractivity contribution >= 4 is 23.9 Å². The van der Waals surface area contributed by atoms with Crippen LogP contribution >= 0.6 is 0 Å². The van der Waals surface area contributed by atoms with E-state index in [2.05, 4.69) is 16.7 Å². The number of nitrogens with zero attached hydrogens (tertiary/aromatic N) is 1. The number of esters is 1. The minimum absolute atomic E-state index is 0.123. The first-order valence-corrected chi connectivity index (χ1v) is 10.2. The van der Waals surface area contributed by atoms with Gasteiger partial charge in [-0.25, -0.2) is 4.79 Å². The van der Waals surface area contributed by atoms with Crippen LogP contribution < -0.4 is 15.4 Å². The molecular formula is C23H29N3O5. The number of methoxy groups -OCH3 is 1. The Morgan fingerprint density at radius 2 is 1.90 bits per heavy atom. The highest BCUT2D eigenvalue weighted by molar-refractivity contribution is 5.95. The maximum absolute atomic E-state index is 12.4. The lowest BCUT2D eigenvalue weighted by Crippen LogP contribution is -2.49. The second kappa shape index (κ2) is 10.6. The van der Waals surface area contributed by atoms with Crippen molar-refractivity contribution in [2.75, 3.05) is 13.7 Å². The number of carbonyl (C=O) groups excluding carboxylic acids is 3. The van der Waals surface area contributed by atoms with Gasteiger partial charge in [0.1, 0.15) is 17.3 Å². The normalized spacial score (nSPS) is 16.1. The molecule has 2 N–H and O–H groups in total. The van der Waals surface area contributed by atoms with Gasteiger partial charge in [0.05, 0.1) is 13.2 Å². The number of hydrogen-bond donors (Lipinski definition) is 2. The Labute approximate surface area is 182 Å². The van der Waals surface area contributed by atoms with Crippen molar-refractivity contribution in [3.05, 3.63) is 35.9 Å². The van der Waals surface area contributed by atoms with E-state index in [-0.39, 0.29) is 11.8 Å². The molecule has 0 unspecified atom stereocenters. The Bertz CT molecular complexity index is 868. The summed E-state index contributed by atoms with van der Waals surface area (Å²) in [6, 6.07) is 8.35. The number of nitrogens with one attached hydrogen (secondary N) is 2. The van der Waals surface area contributed by atoms with Gasteiger partial charge in [-0.3, -0.25) is 9.59 Å². The maximum atomic E-state index is 12.4. The fourth-order valence-corrected chi connectivity index (χ4v) is 3.02. The Kier molecular flexibility index (Phi) is 8.20. The topological polar surface area (TPSA) is 118 Å². The summed E-state index contributed by atoms with van der Waals surface area (Å²) in [5, 5.41) is 14.6. The quantitative estimate of drug-likeness (QED) is 0.437. The molecular weight excluding hydrogens is 398 g/mol. The molecule has 8 heteroatoms. The van der Waals surface area contributed by atoms with E-state index in [4.69, 9.17) is 9.47 Å². The van der Waals surface area contributed by atoms with Crippen LogP contribution in [0.15, 0.2) is 30.3 Å². The van der Waals surface area contributed by atoms with Crippen molar-refractivity contribution in [2.24, 2.45) is 11.8 Å². The van der Waals surface area contributed by atoms with E-state index in [1.54, 1.807) is 58.2 Å². The molecule has 8 nitrogen and oxygen atoms in total. The van der Waals surface area contributed by atoms with E-state index in [1.807, 2.05) is 0 Å². The molecule has 1 saturated carbocycles. The third kappa shape index (κ3) is 7.14. The van der Waals surface area contributed by atoms with Crippen molar-refractivity contribution in [3.63, 3.8) is 0 Å². The van der Waals surface area contributed by atoms with Gasteiger partial charge in [-0.15, -0.1) is 0 Å². The van der Waals surface area contributed by atoms with Gasteiger partial charge in [-0.1, -0.05) is 26.0 Å². The van der Waals surface area contributed by atoms with Gasteiger partial charge in [0.25, 0.3) is 5.91 Å². The first kappa shape index (κ1) is 23.9. The summed E-state index contributed by atoms with van der Waals surface area (Å²) in [6.07, 6.45) is 4.71. The minimum atomic E-state index is -0.957. The van der Waals surface area contributed by atoms with Crippen LogP contribution in [0.4, 0.5) is 0 Å². The van der Waals surface area contributed by atoms with Gasteiger partial charge < -0.3 is 20.1 Å². The number of benzene rings is 1. The lowest BCUT2D eigenvalue weighted by atomic mass is 9.98. The highest BCUT2D eigenvalue weighted by Crippen LogP contribution is 2.39. The zero-order valence-corrected chi connectivity index (χ0v) is 18.3. The first-order valence-electron chi connectivity index (χ1n) is 10.2. The number of hydrogen-bond acceptors (Lipinski definition) is 6. The van der Waals surface area contributed by atoms with Crippen molar-refractivity contribution in [2.45, 2.75) is 45.2 Å². The van der Waals surface area contributed by atoms with Crippen molar-refractivity contribution in [1.29, 1.82) is 5.26 Å². The molecule has 0 heterocycles. The van der Waals surface area contributed by atoms with Crippen LogP contribution in [0.25, 0.3) is 6.08 Å². The largest absolute Gasteiger partial charge is 0.497 e. The molecule has 166 valence electrons. The molecule has 0 bridgehead atoms. The van der Waals surface area contributed by atoms with Gasteiger partial charge in [-0.2, -0.15) is 5.26 Å². The Balaban J connectivity index is 1.87. The standard InChI is InChI=1S/C23H29N3O5/c1-15(2)21(25-19(27)12-7-16-5-10-18(30-4)11-6-16)22(29)31-13-20(28)26-23(3,14-24)17-8-9-17/h5-7,10-12,15,17,21H,8-9,13H2,1-4H3,(H,25,27)(H,26,28)/b12-7+/t21-,23+/m0/s1. The van der Waals surface area contributed by atoms with Crippen LogP contribution in [-0.2, 0) is 19.1 Å². The van der Waals surface area contributed by atoms with Gasteiger partial charge in [0, 0.05) is 6.08 Å². The monoisotopic (exact) mass is 427 g/mol. The van der Waals surface area contributed by atoms with E-state index < -0.39 is 36.0 Å². The number of ether oxygens (including phenoxy) is 2. The summed E-state index contributed by atoms with van der Waals surface area (Å²) >= 11 is 0. The van der Waals surface area contributed by atoms with Gasteiger partial charge in [0.15, 0.2) is 6.61 Å². The molecule has 0 radical (unpaired) electrons. The molecule has 1 aromatic carbocycles. The van der Waals surface area contributed by atoms with Crippen LogP contribution in [0.3, 0.4) is 0 Å². The molecule has 0 aliphatic heterocycles. The molecule has 1 aromatic rings. The molecule has 0 saturated heterocycles. The predicted molar refractivity (Wildman–Crippen MR) is 115 cm³/mol. The van der Waals surface area contributed by atoms with Gasteiger partial charge >= 0.3 is 5.97 Å². The third-order valence-electron chi connectivity index (χ3n) is 5.13. The fraction of sp³-hybridized carbons (Fsp3) is 0.478. The van der Waals surface area contributed by atoms with Gasteiger partial charge in [-0.05, 0) is 55.4 Å². The molecule has 1 aliphatic carbocycles. The smallest absolute Gasteiger partial charge is 0.329 e. The van der Waals surface area contributed by atoms with Crippen LogP contribution in [0, 0.1) is 23.2 Å². The molecule has 31 heavy (non-hydrogen) atoms. The summed E-state index contributed by atoms with van der Waals surface area (Å²) in [5.41, 5.74) is -0.158.